The quantitative estimate of drug-likeness (QED) is 0.761. The summed E-state index contributed by atoms with van der Waals surface area (Å²) in [5.74, 6) is 0. The van der Waals surface area contributed by atoms with Crippen molar-refractivity contribution in [3.8, 4) is 0 Å². The summed E-state index contributed by atoms with van der Waals surface area (Å²) in [5, 5.41) is 4.25. The number of hydrogen-bond acceptors (Lipinski definition) is 1. The molecule has 3 heteroatoms. The Hall–Kier alpha value is -0.570. The summed E-state index contributed by atoms with van der Waals surface area (Å²) in [6.45, 7) is 10.1. The Kier molecular flexibility index (Phi) is 2.73. The van der Waals surface area contributed by atoms with Crippen LogP contribution < -0.4 is 0 Å². The lowest BCUT2D eigenvalue weighted by Crippen LogP contribution is -2.05. The average molecular weight is 229 g/mol. The van der Waals surface area contributed by atoms with Gasteiger partial charge in [0.1, 0.15) is 0 Å². The first kappa shape index (κ1) is 9.52. The van der Waals surface area contributed by atoms with Crippen LogP contribution in [-0.4, -0.2) is 9.78 Å². The summed E-state index contributed by atoms with van der Waals surface area (Å²) >= 11 is 3.44. The number of halogens is 1. The molecule has 1 heterocycles. The first-order valence-corrected chi connectivity index (χ1v) is 4.72. The largest absolute Gasteiger partial charge is 0.262 e. The minimum absolute atomic E-state index is 0.378. The van der Waals surface area contributed by atoms with Crippen LogP contribution in [-0.2, 0) is 0 Å². The van der Waals surface area contributed by atoms with Gasteiger partial charge < -0.3 is 0 Å². The van der Waals surface area contributed by atoms with Crippen LogP contribution in [0, 0.1) is 0 Å². The van der Waals surface area contributed by atoms with Crippen LogP contribution in [0.4, 0.5) is 0 Å². The Balaban J connectivity index is 3.21. The molecule has 0 saturated heterocycles. The fourth-order valence-electron chi connectivity index (χ4n) is 1.13. The van der Waals surface area contributed by atoms with Crippen molar-refractivity contribution in [3.05, 3.63) is 22.9 Å². The molecule has 1 aromatic rings. The Morgan fingerprint density at radius 2 is 2.25 bits per heavy atom. The Morgan fingerprint density at radius 1 is 1.67 bits per heavy atom. The van der Waals surface area contributed by atoms with Crippen LogP contribution in [0.2, 0.25) is 0 Å². The third-order valence-electron chi connectivity index (χ3n) is 1.64. The van der Waals surface area contributed by atoms with Crippen molar-refractivity contribution in [2.45, 2.75) is 26.8 Å². The van der Waals surface area contributed by atoms with Gasteiger partial charge in [0, 0.05) is 6.04 Å². The normalized spacial score (nSPS) is 10.8. The van der Waals surface area contributed by atoms with Crippen molar-refractivity contribution in [1.82, 2.24) is 9.78 Å². The molecular weight excluding hydrogens is 216 g/mol. The summed E-state index contributed by atoms with van der Waals surface area (Å²) < 4.78 is 2.98. The van der Waals surface area contributed by atoms with Crippen molar-refractivity contribution >= 4 is 21.5 Å². The molecule has 0 aliphatic carbocycles. The highest BCUT2D eigenvalue weighted by Gasteiger charge is 2.10. The molecule has 0 amide bonds. The third kappa shape index (κ3) is 1.61. The van der Waals surface area contributed by atoms with E-state index in [9.17, 15) is 0 Å². The van der Waals surface area contributed by atoms with Crippen LogP contribution >= 0.6 is 15.9 Å². The average Bonchev–Trinajstić information content (AvgIpc) is 2.30. The molecule has 1 rings (SSSR count). The highest BCUT2D eigenvalue weighted by atomic mass is 79.9. The molecule has 0 radical (unpaired) electrons. The molecule has 0 fully saturated rings. The SMILES string of the molecule is C=C(C)c1c(Br)cnn1C(C)C. The highest BCUT2D eigenvalue weighted by Crippen LogP contribution is 2.24. The van der Waals surface area contributed by atoms with Crippen LogP contribution in [0.25, 0.3) is 5.57 Å². The molecule has 12 heavy (non-hydrogen) atoms. The van der Waals surface area contributed by atoms with Crippen molar-refractivity contribution in [2.24, 2.45) is 0 Å². The summed E-state index contributed by atoms with van der Waals surface area (Å²) in [6.07, 6.45) is 1.81. The maximum absolute atomic E-state index is 4.25. The van der Waals surface area contributed by atoms with E-state index in [4.69, 9.17) is 0 Å². The summed E-state index contributed by atoms with van der Waals surface area (Å²) in [5.41, 5.74) is 2.12. The standard InChI is InChI=1S/C9H13BrN2/c1-6(2)9-8(10)5-11-12(9)7(3)4/h5,7H,1H2,2-4H3. The van der Waals surface area contributed by atoms with Crippen LogP contribution in [0.1, 0.15) is 32.5 Å². The zero-order valence-corrected chi connectivity index (χ0v) is 9.22. The van der Waals surface area contributed by atoms with E-state index in [1.165, 1.54) is 0 Å². The molecule has 66 valence electrons. The van der Waals surface area contributed by atoms with Gasteiger partial charge >= 0.3 is 0 Å². The van der Waals surface area contributed by atoms with Gasteiger partial charge in [0.15, 0.2) is 0 Å². The van der Waals surface area contributed by atoms with E-state index in [0.29, 0.717) is 6.04 Å². The fraction of sp³-hybridized carbons (Fsp3) is 0.444. The van der Waals surface area contributed by atoms with Crippen molar-refractivity contribution in [1.29, 1.82) is 0 Å². The molecule has 0 aliphatic heterocycles. The van der Waals surface area contributed by atoms with Crippen molar-refractivity contribution in [3.63, 3.8) is 0 Å². The van der Waals surface area contributed by atoms with Gasteiger partial charge in [-0.2, -0.15) is 5.10 Å². The second kappa shape index (κ2) is 3.44. The lowest BCUT2D eigenvalue weighted by molar-refractivity contribution is 0.526. The molecule has 0 aromatic carbocycles. The number of nitrogens with zero attached hydrogens (tertiary/aromatic N) is 2. The summed E-state index contributed by atoms with van der Waals surface area (Å²) in [7, 11) is 0. The highest BCUT2D eigenvalue weighted by molar-refractivity contribution is 9.10. The van der Waals surface area contributed by atoms with Gasteiger partial charge in [-0.05, 0) is 42.3 Å². The molecule has 0 unspecified atom stereocenters. The number of aromatic nitrogens is 2. The number of allylic oxidation sites excluding steroid dienone is 1. The number of rotatable bonds is 2. The van der Waals surface area contributed by atoms with E-state index in [-0.39, 0.29) is 0 Å². The smallest absolute Gasteiger partial charge is 0.0778 e. The third-order valence-corrected chi connectivity index (χ3v) is 2.22. The molecule has 2 nitrogen and oxygen atoms in total. The molecule has 0 N–H and O–H groups in total. The van der Waals surface area contributed by atoms with E-state index < -0.39 is 0 Å². The monoisotopic (exact) mass is 228 g/mol. The first-order valence-electron chi connectivity index (χ1n) is 3.93. The van der Waals surface area contributed by atoms with Crippen LogP contribution in [0.5, 0.6) is 0 Å². The second-order valence-corrected chi connectivity index (χ2v) is 4.01. The van der Waals surface area contributed by atoms with E-state index in [1.807, 2.05) is 17.8 Å². The maximum atomic E-state index is 4.25. The van der Waals surface area contributed by atoms with Crippen LogP contribution in [0.3, 0.4) is 0 Å². The van der Waals surface area contributed by atoms with Gasteiger partial charge in [0.2, 0.25) is 0 Å². The number of hydrogen-bond donors (Lipinski definition) is 0. The van der Waals surface area contributed by atoms with Crippen molar-refractivity contribution < 1.29 is 0 Å². The predicted molar refractivity (Wildman–Crippen MR) is 55.0 cm³/mol. The predicted octanol–water partition coefficient (Wildman–Crippen LogP) is 3.26. The molecule has 1 aromatic heterocycles. The van der Waals surface area contributed by atoms with E-state index >= 15 is 0 Å². The van der Waals surface area contributed by atoms with Gasteiger partial charge in [0.05, 0.1) is 16.4 Å². The topological polar surface area (TPSA) is 17.8 Å². The fourth-order valence-corrected chi connectivity index (χ4v) is 1.74. The molecular formula is C9H13BrN2. The lowest BCUT2D eigenvalue weighted by Gasteiger charge is -2.10. The molecule has 0 bridgehead atoms. The zero-order chi connectivity index (χ0) is 9.30. The first-order chi connectivity index (χ1) is 5.54. The Morgan fingerprint density at radius 3 is 2.58 bits per heavy atom. The van der Waals surface area contributed by atoms with Gasteiger partial charge in [0.25, 0.3) is 0 Å². The molecule has 0 atom stereocenters. The second-order valence-electron chi connectivity index (χ2n) is 3.16. The lowest BCUT2D eigenvalue weighted by atomic mass is 10.2. The van der Waals surface area contributed by atoms with Gasteiger partial charge in [-0.1, -0.05) is 6.58 Å². The van der Waals surface area contributed by atoms with E-state index in [1.54, 1.807) is 0 Å². The summed E-state index contributed by atoms with van der Waals surface area (Å²) in [6, 6.07) is 0.378. The van der Waals surface area contributed by atoms with Crippen LogP contribution in [0.15, 0.2) is 17.2 Å². The molecule has 0 aliphatic rings. The molecule has 0 spiro atoms. The minimum Gasteiger partial charge on any atom is -0.262 e. The Bertz CT molecular complexity index is 299. The Labute approximate surface area is 81.4 Å². The van der Waals surface area contributed by atoms with Gasteiger partial charge in [-0.3, -0.25) is 4.68 Å². The maximum Gasteiger partial charge on any atom is 0.0778 e. The van der Waals surface area contributed by atoms with Gasteiger partial charge in [-0.15, -0.1) is 0 Å². The van der Waals surface area contributed by atoms with E-state index in [0.717, 1.165) is 15.7 Å². The van der Waals surface area contributed by atoms with Gasteiger partial charge in [-0.25, -0.2) is 0 Å². The van der Waals surface area contributed by atoms with E-state index in [2.05, 4.69) is 41.5 Å². The van der Waals surface area contributed by atoms with Crippen molar-refractivity contribution in [2.75, 3.05) is 0 Å². The summed E-state index contributed by atoms with van der Waals surface area (Å²) in [4.78, 5) is 0. The zero-order valence-electron chi connectivity index (χ0n) is 7.63. The minimum atomic E-state index is 0.378. The molecule has 0 saturated carbocycles.